The highest BCUT2D eigenvalue weighted by atomic mass is 15.0. The van der Waals surface area contributed by atoms with Crippen molar-refractivity contribution in [2.24, 2.45) is 14.1 Å². The summed E-state index contributed by atoms with van der Waals surface area (Å²) in [5.74, 6) is 0. The lowest BCUT2D eigenvalue weighted by Crippen LogP contribution is -1.95. The smallest absolute Gasteiger partial charge is 0.0991 e. The van der Waals surface area contributed by atoms with E-state index in [0.717, 1.165) is 24.3 Å². The van der Waals surface area contributed by atoms with Gasteiger partial charge in [-0.25, -0.2) is 24.9 Å². The summed E-state index contributed by atoms with van der Waals surface area (Å²) in [5.41, 5.74) is 4.69. The Morgan fingerprint density at radius 2 is 1.17 bits per heavy atom. The highest BCUT2D eigenvalue weighted by Crippen LogP contribution is 2.09. The first-order valence-corrected chi connectivity index (χ1v) is 15.9. The van der Waals surface area contributed by atoms with Gasteiger partial charge in [-0.1, -0.05) is 74.0 Å². The molecule has 8 aromatic rings. The average Bonchev–Trinajstić information content (AvgIpc) is 3.99. The molecule has 10 nitrogen and oxygen atoms in total. The molecule has 8 rings (SSSR count). The second-order valence-corrected chi connectivity index (χ2v) is 10.8. The van der Waals surface area contributed by atoms with Crippen molar-refractivity contribution in [3.63, 3.8) is 0 Å². The lowest BCUT2D eigenvalue weighted by Gasteiger charge is -2.00. The van der Waals surface area contributed by atoms with Crippen molar-refractivity contribution in [1.82, 2.24) is 47.8 Å². The molecule has 0 aliphatic carbocycles. The summed E-state index contributed by atoms with van der Waals surface area (Å²) < 4.78 is 10.0. The van der Waals surface area contributed by atoms with Gasteiger partial charge in [-0.15, -0.1) is 0 Å². The fraction of sp³-hybridized carbons (Fsp3) is 0.184. The molecule has 0 amide bonds. The molecule has 5 aromatic heterocycles. The number of rotatable bonds is 6. The largest absolute Gasteiger partial charge is 0.341 e. The summed E-state index contributed by atoms with van der Waals surface area (Å²) in [5, 5.41) is 0. The summed E-state index contributed by atoms with van der Waals surface area (Å²) in [6.45, 7) is 4.20. The van der Waals surface area contributed by atoms with E-state index >= 15 is 0 Å². The summed E-state index contributed by atoms with van der Waals surface area (Å²) in [6.07, 6.45) is 26.4. The average molecular weight is 641 g/mol. The third kappa shape index (κ3) is 12.4. The molecule has 0 spiro atoms. The third-order valence-electron chi connectivity index (χ3n) is 6.92. The first kappa shape index (κ1) is 34.8. The van der Waals surface area contributed by atoms with E-state index < -0.39 is 0 Å². The van der Waals surface area contributed by atoms with Crippen LogP contribution in [-0.4, -0.2) is 47.8 Å². The van der Waals surface area contributed by atoms with Crippen molar-refractivity contribution in [3.8, 4) is 5.69 Å². The third-order valence-corrected chi connectivity index (χ3v) is 6.92. The Hall–Kier alpha value is -6.03. The van der Waals surface area contributed by atoms with Crippen molar-refractivity contribution in [3.05, 3.63) is 172 Å². The molecule has 3 aromatic carbocycles. The van der Waals surface area contributed by atoms with Gasteiger partial charge in [0.2, 0.25) is 0 Å². The van der Waals surface area contributed by atoms with E-state index in [4.69, 9.17) is 0 Å². The molecule has 0 bridgehead atoms. The Morgan fingerprint density at radius 1 is 0.562 bits per heavy atom. The summed E-state index contributed by atoms with van der Waals surface area (Å²) in [7, 11) is 3.93. The number of para-hydroxylation sites is 3. The summed E-state index contributed by atoms with van der Waals surface area (Å²) in [4.78, 5) is 19.8. The number of aryl methyl sites for hydroxylation is 3. The number of benzene rings is 3. The van der Waals surface area contributed by atoms with Gasteiger partial charge in [0.05, 0.1) is 42.7 Å². The molecular weight excluding hydrogens is 596 g/mol. The van der Waals surface area contributed by atoms with E-state index in [1.807, 2.05) is 144 Å². The van der Waals surface area contributed by atoms with E-state index in [2.05, 4.69) is 59.2 Å². The molecular formula is C38H44N10. The van der Waals surface area contributed by atoms with Gasteiger partial charge < -0.3 is 22.8 Å². The van der Waals surface area contributed by atoms with Crippen LogP contribution in [0.5, 0.6) is 0 Å². The molecule has 0 unspecified atom stereocenters. The standard InChI is InChI=1S/C10H10N2.C9H8N2.C8H8N2.C7H12N2.C4H6N2/c1-2-4-10(5-3-1)8-12-7-6-11-9-12;1-2-4-9(5-3-1)11-7-6-10-8-11;1-10-6-9-7-4-2-3-5-8(7)10;1-2-3-5-9-6-4-8-7-9;1-6-3-2-5-4-6/h1-7,9H,8H2;1-8H;2-6H,1H3;4,6-7H,2-3,5H2,1H3;2-4H,1H3. The van der Waals surface area contributed by atoms with Crippen LogP contribution in [0.4, 0.5) is 0 Å². The molecule has 0 N–H and O–H groups in total. The second-order valence-electron chi connectivity index (χ2n) is 10.8. The predicted octanol–water partition coefficient (Wildman–Crippen LogP) is 7.48. The summed E-state index contributed by atoms with van der Waals surface area (Å²) in [6, 6.07) is 28.5. The lowest BCUT2D eigenvalue weighted by atomic mass is 10.2. The predicted molar refractivity (Wildman–Crippen MR) is 192 cm³/mol. The number of aromatic nitrogens is 10. The van der Waals surface area contributed by atoms with Crippen molar-refractivity contribution < 1.29 is 0 Å². The number of nitrogens with zero attached hydrogens (tertiary/aromatic N) is 10. The molecule has 10 heteroatoms. The quantitative estimate of drug-likeness (QED) is 0.188. The van der Waals surface area contributed by atoms with E-state index in [9.17, 15) is 0 Å². The molecule has 0 atom stereocenters. The van der Waals surface area contributed by atoms with Gasteiger partial charge in [0.15, 0.2) is 0 Å². The Labute approximate surface area is 282 Å². The number of unbranched alkanes of at least 4 members (excludes halogenated alkanes) is 1. The molecule has 48 heavy (non-hydrogen) atoms. The fourth-order valence-corrected chi connectivity index (χ4v) is 4.35. The zero-order chi connectivity index (χ0) is 33.7. The monoisotopic (exact) mass is 640 g/mol. The molecule has 0 aliphatic heterocycles. The highest BCUT2D eigenvalue weighted by molar-refractivity contribution is 5.74. The molecule has 0 saturated heterocycles. The van der Waals surface area contributed by atoms with Crippen molar-refractivity contribution in [1.29, 1.82) is 0 Å². The van der Waals surface area contributed by atoms with Crippen molar-refractivity contribution in [2.75, 3.05) is 0 Å². The van der Waals surface area contributed by atoms with E-state index in [1.165, 1.54) is 23.9 Å². The molecule has 246 valence electrons. The van der Waals surface area contributed by atoms with Gasteiger partial charge in [-0.2, -0.15) is 0 Å². The van der Waals surface area contributed by atoms with Crippen molar-refractivity contribution >= 4 is 11.0 Å². The maximum absolute atomic E-state index is 4.18. The van der Waals surface area contributed by atoms with Gasteiger partial charge in [0.1, 0.15) is 0 Å². The minimum atomic E-state index is 0.904. The van der Waals surface area contributed by atoms with Gasteiger partial charge in [0.25, 0.3) is 0 Å². The van der Waals surface area contributed by atoms with Crippen LogP contribution in [0.3, 0.4) is 0 Å². The van der Waals surface area contributed by atoms with E-state index in [0.29, 0.717) is 0 Å². The molecule has 0 aliphatic rings. The summed E-state index contributed by atoms with van der Waals surface area (Å²) >= 11 is 0. The van der Waals surface area contributed by atoms with Crippen molar-refractivity contribution in [2.45, 2.75) is 32.9 Å². The van der Waals surface area contributed by atoms with Crippen LogP contribution < -0.4 is 0 Å². The molecule has 5 heterocycles. The van der Waals surface area contributed by atoms with Crippen LogP contribution >= 0.6 is 0 Å². The molecule has 0 fully saturated rings. The second kappa shape index (κ2) is 20.2. The maximum atomic E-state index is 4.18. The van der Waals surface area contributed by atoms with Gasteiger partial charge in [-0.05, 0) is 36.2 Å². The van der Waals surface area contributed by atoms with Crippen LogP contribution in [-0.2, 0) is 27.2 Å². The van der Waals surface area contributed by atoms with Crippen LogP contribution in [0.25, 0.3) is 16.7 Å². The Bertz CT molecular complexity index is 1880. The first-order chi connectivity index (χ1) is 23.6. The Morgan fingerprint density at radius 3 is 1.73 bits per heavy atom. The van der Waals surface area contributed by atoms with Crippen LogP contribution in [0.1, 0.15) is 25.3 Å². The topological polar surface area (TPSA) is 89.1 Å². The zero-order valence-corrected chi connectivity index (χ0v) is 27.9. The lowest BCUT2D eigenvalue weighted by molar-refractivity contribution is 0.631. The number of hydrogen-bond donors (Lipinski definition) is 0. The Kier molecular flexibility index (Phi) is 14.6. The van der Waals surface area contributed by atoms with Crippen LogP contribution in [0.15, 0.2) is 166 Å². The normalized spacial score (nSPS) is 9.90. The molecule has 0 saturated carbocycles. The van der Waals surface area contributed by atoms with Gasteiger partial charge in [0, 0.05) is 82.4 Å². The number of imidazole rings is 5. The van der Waals surface area contributed by atoms with Gasteiger partial charge in [-0.3, -0.25) is 0 Å². The minimum absolute atomic E-state index is 0.904. The molecule has 0 radical (unpaired) electrons. The van der Waals surface area contributed by atoms with Gasteiger partial charge >= 0.3 is 0 Å². The Balaban J connectivity index is 0.000000138. The number of hydrogen-bond acceptors (Lipinski definition) is 5. The van der Waals surface area contributed by atoms with Crippen LogP contribution in [0, 0.1) is 0 Å². The fourth-order valence-electron chi connectivity index (χ4n) is 4.35. The van der Waals surface area contributed by atoms with Crippen LogP contribution in [0.2, 0.25) is 0 Å². The van der Waals surface area contributed by atoms with E-state index in [-0.39, 0.29) is 0 Å². The highest BCUT2D eigenvalue weighted by Gasteiger charge is 1.94. The minimum Gasteiger partial charge on any atom is -0.341 e. The van der Waals surface area contributed by atoms with E-state index in [1.54, 1.807) is 31.2 Å². The maximum Gasteiger partial charge on any atom is 0.0991 e. The first-order valence-electron chi connectivity index (χ1n) is 15.9. The zero-order valence-electron chi connectivity index (χ0n) is 27.9. The number of fused-ring (bicyclic) bond motifs is 1. The SMILES string of the molecule is CCCCn1ccnc1.Cn1ccnc1.Cn1cnc2ccccc21.c1ccc(-n2ccnc2)cc1.c1ccc(Cn2ccnc2)cc1.